The first kappa shape index (κ1) is 12.8. The first-order valence-corrected chi connectivity index (χ1v) is 7.64. The van der Waals surface area contributed by atoms with E-state index < -0.39 is 10.0 Å². The maximum absolute atomic E-state index is 12.8. The molecule has 0 fully saturated rings. The standard InChI is InChI=1S/C14H14N2O3S/c15-11-5-1-4-8-14(11)20(17,18)16-9-10-19-13-7-3-2-6-12(13)16/h1-8H,9-10,15H2. The molecule has 3 rings (SSSR count). The average Bonchev–Trinajstić information content (AvgIpc) is 2.47. The van der Waals surface area contributed by atoms with Crippen molar-refractivity contribution in [1.29, 1.82) is 0 Å². The van der Waals surface area contributed by atoms with Gasteiger partial charge in [-0.3, -0.25) is 4.31 Å². The molecule has 0 atom stereocenters. The van der Waals surface area contributed by atoms with Crippen molar-refractivity contribution in [2.24, 2.45) is 0 Å². The smallest absolute Gasteiger partial charge is 0.266 e. The lowest BCUT2D eigenvalue weighted by Gasteiger charge is -2.30. The van der Waals surface area contributed by atoms with E-state index in [2.05, 4.69) is 0 Å². The van der Waals surface area contributed by atoms with Crippen LogP contribution in [0.2, 0.25) is 0 Å². The second-order valence-electron chi connectivity index (χ2n) is 4.43. The van der Waals surface area contributed by atoms with Gasteiger partial charge in [0.1, 0.15) is 17.3 Å². The zero-order chi connectivity index (χ0) is 14.2. The van der Waals surface area contributed by atoms with Crippen molar-refractivity contribution in [2.75, 3.05) is 23.2 Å². The van der Waals surface area contributed by atoms with Crippen LogP contribution in [0.5, 0.6) is 5.75 Å². The summed E-state index contributed by atoms with van der Waals surface area (Å²) in [6, 6.07) is 13.5. The minimum absolute atomic E-state index is 0.122. The van der Waals surface area contributed by atoms with Crippen LogP contribution in [0, 0.1) is 0 Å². The number of nitrogens with zero attached hydrogens (tertiary/aromatic N) is 1. The number of rotatable bonds is 2. The lowest BCUT2D eigenvalue weighted by atomic mass is 10.2. The van der Waals surface area contributed by atoms with Crippen molar-refractivity contribution < 1.29 is 13.2 Å². The van der Waals surface area contributed by atoms with E-state index in [1.807, 2.05) is 6.07 Å². The number of ether oxygens (including phenoxy) is 1. The lowest BCUT2D eigenvalue weighted by Crippen LogP contribution is -2.38. The number of anilines is 2. The van der Waals surface area contributed by atoms with Gasteiger partial charge in [-0.05, 0) is 24.3 Å². The van der Waals surface area contributed by atoms with Gasteiger partial charge >= 0.3 is 0 Å². The maximum Gasteiger partial charge on any atom is 0.266 e. The van der Waals surface area contributed by atoms with E-state index in [0.29, 0.717) is 18.0 Å². The van der Waals surface area contributed by atoms with Gasteiger partial charge in [0.15, 0.2) is 0 Å². The van der Waals surface area contributed by atoms with Crippen LogP contribution in [0.4, 0.5) is 11.4 Å². The third kappa shape index (κ3) is 1.98. The van der Waals surface area contributed by atoms with Crippen molar-refractivity contribution in [3.8, 4) is 5.75 Å². The molecule has 104 valence electrons. The number of hydrogen-bond donors (Lipinski definition) is 1. The summed E-state index contributed by atoms with van der Waals surface area (Å²) in [4.78, 5) is 0.122. The Morgan fingerprint density at radius 1 is 1.05 bits per heavy atom. The Morgan fingerprint density at radius 3 is 2.55 bits per heavy atom. The minimum atomic E-state index is -3.68. The Balaban J connectivity index is 2.13. The van der Waals surface area contributed by atoms with Gasteiger partial charge in [-0.25, -0.2) is 8.42 Å². The van der Waals surface area contributed by atoms with Gasteiger partial charge in [-0.1, -0.05) is 24.3 Å². The number of sulfonamides is 1. The number of fused-ring (bicyclic) bond motifs is 1. The Kier molecular flexibility index (Phi) is 3.02. The number of nitrogen functional groups attached to an aromatic ring is 1. The summed E-state index contributed by atoms with van der Waals surface area (Å²) in [6.07, 6.45) is 0. The summed E-state index contributed by atoms with van der Waals surface area (Å²) in [5.41, 5.74) is 6.59. The number of benzene rings is 2. The molecule has 2 aromatic carbocycles. The van der Waals surface area contributed by atoms with Crippen molar-refractivity contribution in [3.63, 3.8) is 0 Å². The quantitative estimate of drug-likeness (QED) is 0.857. The van der Waals surface area contributed by atoms with Crippen molar-refractivity contribution in [1.82, 2.24) is 0 Å². The van der Waals surface area contributed by atoms with Crippen LogP contribution < -0.4 is 14.8 Å². The van der Waals surface area contributed by atoms with E-state index >= 15 is 0 Å². The van der Waals surface area contributed by atoms with E-state index in [0.717, 1.165) is 0 Å². The third-order valence-electron chi connectivity index (χ3n) is 3.17. The highest BCUT2D eigenvalue weighted by atomic mass is 32.2. The molecule has 1 aliphatic rings. The van der Waals surface area contributed by atoms with E-state index in [9.17, 15) is 8.42 Å². The fourth-order valence-corrected chi connectivity index (χ4v) is 3.81. The largest absolute Gasteiger partial charge is 0.489 e. The predicted molar refractivity (Wildman–Crippen MR) is 77.3 cm³/mol. The summed E-state index contributed by atoms with van der Waals surface area (Å²) in [7, 11) is -3.68. The zero-order valence-electron chi connectivity index (χ0n) is 10.7. The lowest BCUT2D eigenvalue weighted by molar-refractivity contribution is 0.316. The van der Waals surface area contributed by atoms with Gasteiger partial charge in [-0.2, -0.15) is 0 Å². The SMILES string of the molecule is Nc1ccccc1S(=O)(=O)N1CCOc2ccccc21. The molecule has 1 heterocycles. The van der Waals surface area contributed by atoms with Gasteiger partial charge in [-0.15, -0.1) is 0 Å². The van der Waals surface area contributed by atoms with E-state index in [4.69, 9.17) is 10.5 Å². The summed E-state index contributed by atoms with van der Waals surface area (Å²) < 4.78 is 32.3. The van der Waals surface area contributed by atoms with Crippen LogP contribution >= 0.6 is 0 Å². The molecular weight excluding hydrogens is 276 g/mol. The number of hydrogen-bond acceptors (Lipinski definition) is 4. The van der Waals surface area contributed by atoms with Gasteiger partial charge in [0, 0.05) is 0 Å². The molecule has 2 N–H and O–H groups in total. The Hall–Kier alpha value is -2.21. The van der Waals surface area contributed by atoms with Gasteiger partial charge in [0.2, 0.25) is 0 Å². The van der Waals surface area contributed by atoms with Crippen LogP contribution in [-0.2, 0) is 10.0 Å². The highest BCUT2D eigenvalue weighted by Crippen LogP contribution is 2.35. The minimum Gasteiger partial charge on any atom is -0.489 e. The van der Waals surface area contributed by atoms with Crippen LogP contribution in [0.25, 0.3) is 0 Å². The molecule has 0 aromatic heterocycles. The van der Waals surface area contributed by atoms with Crippen LogP contribution in [0.15, 0.2) is 53.4 Å². The average molecular weight is 290 g/mol. The van der Waals surface area contributed by atoms with Crippen LogP contribution in [0.1, 0.15) is 0 Å². The maximum atomic E-state index is 12.8. The normalized spacial score (nSPS) is 14.5. The number of para-hydroxylation sites is 3. The topological polar surface area (TPSA) is 72.6 Å². The molecule has 0 radical (unpaired) electrons. The predicted octanol–water partition coefficient (Wildman–Crippen LogP) is 1.86. The second kappa shape index (κ2) is 4.72. The third-order valence-corrected chi connectivity index (χ3v) is 5.06. The van der Waals surface area contributed by atoms with Crippen molar-refractivity contribution in [3.05, 3.63) is 48.5 Å². The molecule has 0 saturated carbocycles. The molecule has 0 saturated heterocycles. The summed E-state index contributed by atoms with van der Waals surface area (Å²) in [6.45, 7) is 0.594. The molecule has 20 heavy (non-hydrogen) atoms. The molecule has 0 aliphatic carbocycles. The highest BCUT2D eigenvalue weighted by Gasteiger charge is 2.30. The first-order chi connectivity index (χ1) is 9.60. The molecule has 5 nitrogen and oxygen atoms in total. The molecule has 0 unspecified atom stereocenters. The van der Waals surface area contributed by atoms with E-state index in [-0.39, 0.29) is 17.1 Å². The molecular formula is C14H14N2O3S. The monoisotopic (exact) mass is 290 g/mol. The zero-order valence-corrected chi connectivity index (χ0v) is 11.5. The van der Waals surface area contributed by atoms with Crippen LogP contribution in [0.3, 0.4) is 0 Å². The van der Waals surface area contributed by atoms with Gasteiger partial charge in [0.25, 0.3) is 10.0 Å². The van der Waals surface area contributed by atoms with Crippen molar-refractivity contribution >= 4 is 21.4 Å². The van der Waals surface area contributed by atoms with E-state index in [1.54, 1.807) is 36.4 Å². The van der Waals surface area contributed by atoms with Gasteiger partial charge in [0.05, 0.1) is 17.9 Å². The molecule has 6 heteroatoms. The second-order valence-corrected chi connectivity index (χ2v) is 6.26. The van der Waals surface area contributed by atoms with Crippen molar-refractivity contribution in [2.45, 2.75) is 4.90 Å². The highest BCUT2D eigenvalue weighted by molar-refractivity contribution is 7.93. The number of nitrogens with two attached hydrogens (primary N) is 1. The van der Waals surface area contributed by atoms with Gasteiger partial charge < -0.3 is 10.5 Å². The van der Waals surface area contributed by atoms with Crippen LogP contribution in [-0.4, -0.2) is 21.6 Å². The molecule has 0 amide bonds. The molecule has 0 spiro atoms. The molecule has 1 aliphatic heterocycles. The summed E-state index contributed by atoms with van der Waals surface area (Å²) in [5.74, 6) is 0.567. The fraction of sp³-hybridized carbons (Fsp3) is 0.143. The Bertz CT molecular complexity index is 744. The Labute approximate surface area is 117 Å². The molecule has 0 bridgehead atoms. The molecule has 2 aromatic rings. The first-order valence-electron chi connectivity index (χ1n) is 6.20. The fourth-order valence-electron chi connectivity index (χ4n) is 2.23. The summed E-state index contributed by atoms with van der Waals surface area (Å²) >= 11 is 0. The Morgan fingerprint density at radius 2 is 1.75 bits per heavy atom. The summed E-state index contributed by atoms with van der Waals surface area (Å²) in [5, 5.41) is 0. The van der Waals surface area contributed by atoms with E-state index in [1.165, 1.54) is 10.4 Å².